The van der Waals surface area contributed by atoms with Gasteiger partial charge in [-0.15, -0.1) is 0 Å². The van der Waals surface area contributed by atoms with E-state index in [1.54, 1.807) is 18.2 Å². The molecule has 0 amide bonds. The van der Waals surface area contributed by atoms with Gasteiger partial charge in [-0.05, 0) is 25.0 Å². The Morgan fingerprint density at radius 2 is 2.00 bits per heavy atom. The van der Waals surface area contributed by atoms with Gasteiger partial charge in [-0.25, -0.2) is 0 Å². The molecule has 1 saturated carbocycles. The summed E-state index contributed by atoms with van der Waals surface area (Å²) in [6.45, 7) is 0. The standard InChI is InChI=1S/C9H10O2/c10-8-3-1-2-4-9(8)11-7-5-6-7/h1-4,7,10H,5-6H2. The van der Waals surface area contributed by atoms with Gasteiger partial charge in [-0.1, -0.05) is 12.1 Å². The minimum atomic E-state index is 0.236. The SMILES string of the molecule is Oc1ccccc1OC1CC1. The summed E-state index contributed by atoms with van der Waals surface area (Å²) in [6.07, 6.45) is 2.59. The molecule has 2 heteroatoms. The molecule has 1 fully saturated rings. The van der Waals surface area contributed by atoms with Crippen molar-refractivity contribution in [3.63, 3.8) is 0 Å². The van der Waals surface area contributed by atoms with Crippen LogP contribution in [0.15, 0.2) is 24.3 Å². The van der Waals surface area contributed by atoms with E-state index in [-0.39, 0.29) is 5.75 Å². The summed E-state index contributed by atoms with van der Waals surface area (Å²) in [7, 11) is 0. The normalized spacial score (nSPS) is 16.4. The molecule has 2 rings (SSSR count). The van der Waals surface area contributed by atoms with Gasteiger partial charge in [0.15, 0.2) is 11.5 Å². The van der Waals surface area contributed by atoms with Gasteiger partial charge in [0.25, 0.3) is 0 Å². The number of aromatic hydroxyl groups is 1. The van der Waals surface area contributed by atoms with E-state index in [2.05, 4.69) is 0 Å². The Labute approximate surface area is 65.4 Å². The van der Waals surface area contributed by atoms with Crippen LogP contribution in [0, 0.1) is 0 Å². The van der Waals surface area contributed by atoms with Crippen LogP contribution in [0.1, 0.15) is 12.8 Å². The molecule has 0 aliphatic heterocycles. The van der Waals surface area contributed by atoms with Crippen molar-refractivity contribution in [2.75, 3.05) is 0 Å². The smallest absolute Gasteiger partial charge is 0.161 e. The Balaban J connectivity index is 2.15. The van der Waals surface area contributed by atoms with Gasteiger partial charge in [-0.2, -0.15) is 0 Å². The highest BCUT2D eigenvalue weighted by molar-refractivity contribution is 5.38. The number of para-hydroxylation sites is 2. The number of phenols is 1. The highest BCUT2D eigenvalue weighted by Crippen LogP contribution is 2.31. The second-order valence-corrected chi connectivity index (χ2v) is 2.78. The molecule has 0 atom stereocenters. The molecule has 1 aliphatic rings. The first-order chi connectivity index (χ1) is 5.36. The minimum Gasteiger partial charge on any atom is -0.504 e. The minimum absolute atomic E-state index is 0.236. The van der Waals surface area contributed by atoms with Crippen molar-refractivity contribution in [3.05, 3.63) is 24.3 Å². The van der Waals surface area contributed by atoms with Gasteiger partial charge in [0, 0.05) is 0 Å². The number of phenolic OH excluding ortho intramolecular Hbond substituents is 1. The van der Waals surface area contributed by atoms with Crippen LogP contribution >= 0.6 is 0 Å². The lowest BCUT2D eigenvalue weighted by Gasteiger charge is -2.04. The summed E-state index contributed by atoms with van der Waals surface area (Å²) >= 11 is 0. The fraction of sp³-hybridized carbons (Fsp3) is 0.333. The third-order valence-electron chi connectivity index (χ3n) is 1.68. The zero-order valence-electron chi connectivity index (χ0n) is 6.16. The zero-order chi connectivity index (χ0) is 7.68. The van der Waals surface area contributed by atoms with E-state index in [0.29, 0.717) is 11.9 Å². The van der Waals surface area contributed by atoms with Crippen molar-refractivity contribution >= 4 is 0 Å². The monoisotopic (exact) mass is 150 g/mol. The Hall–Kier alpha value is -1.18. The molecule has 0 radical (unpaired) electrons. The quantitative estimate of drug-likeness (QED) is 0.698. The van der Waals surface area contributed by atoms with Crippen LogP contribution in [-0.4, -0.2) is 11.2 Å². The number of benzene rings is 1. The van der Waals surface area contributed by atoms with Crippen LogP contribution in [0.2, 0.25) is 0 Å². The van der Waals surface area contributed by atoms with Crippen molar-refractivity contribution in [2.24, 2.45) is 0 Å². The molecule has 11 heavy (non-hydrogen) atoms. The summed E-state index contributed by atoms with van der Waals surface area (Å²) in [4.78, 5) is 0. The van der Waals surface area contributed by atoms with E-state index >= 15 is 0 Å². The van der Waals surface area contributed by atoms with Gasteiger partial charge in [0.1, 0.15) is 0 Å². The van der Waals surface area contributed by atoms with Gasteiger partial charge < -0.3 is 9.84 Å². The average molecular weight is 150 g/mol. The number of ether oxygens (including phenoxy) is 1. The molecule has 1 aliphatic carbocycles. The first kappa shape index (κ1) is 6.53. The maximum absolute atomic E-state index is 9.26. The Morgan fingerprint density at radius 3 is 2.64 bits per heavy atom. The van der Waals surface area contributed by atoms with E-state index in [9.17, 15) is 5.11 Å². The van der Waals surface area contributed by atoms with E-state index in [1.165, 1.54) is 0 Å². The number of hydrogen-bond donors (Lipinski definition) is 1. The maximum Gasteiger partial charge on any atom is 0.161 e. The van der Waals surface area contributed by atoms with Crippen molar-refractivity contribution < 1.29 is 9.84 Å². The Kier molecular flexibility index (Phi) is 1.46. The lowest BCUT2D eigenvalue weighted by atomic mass is 10.3. The van der Waals surface area contributed by atoms with Crippen molar-refractivity contribution in [1.29, 1.82) is 0 Å². The molecule has 1 aromatic rings. The first-order valence-corrected chi connectivity index (χ1v) is 3.81. The fourth-order valence-electron chi connectivity index (χ4n) is 0.922. The average Bonchev–Trinajstić information content (AvgIpc) is 2.78. The second-order valence-electron chi connectivity index (χ2n) is 2.78. The predicted molar refractivity (Wildman–Crippen MR) is 41.8 cm³/mol. The van der Waals surface area contributed by atoms with Crippen LogP contribution < -0.4 is 4.74 Å². The summed E-state index contributed by atoms with van der Waals surface area (Å²) in [6, 6.07) is 7.07. The Morgan fingerprint density at radius 1 is 1.27 bits per heavy atom. The predicted octanol–water partition coefficient (Wildman–Crippen LogP) is 1.93. The molecule has 0 spiro atoms. The first-order valence-electron chi connectivity index (χ1n) is 3.81. The topological polar surface area (TPSA) is 29.5 Å². The van der Waals surface area contributed by atoms with Gasteiger partial charge in [-0.3, -0.25) is 0 Å². The van der Waals surface area contributed by atoms with Gasteiger partial charge in [0.2, 0.25) is 0 Å². The van der Waals surface area contributed by atoms with E-state index in [4.69, 9.17) is 4.74 Å². The number of hydrogen-bond acceptors (Lipinski definition) is 2. The summed E-state index contributed by atoms with van der Waals surface area (Å²) in [5, 5.41) is 9.26. The number of rotatable bonds is 2. The lowest BCUT2D eigenvalue weighted by molar-refractivity contribution is 0.286. The summed E-state index contributed by atoms with van der Waals surface area (Å²) in [5.41, 5.74) is 0. The van der Waals surface area contributed by atoms with Crippen LogP contribution in [0.4, 0.5) is 0 Å². The molecule has 0 unspecified atom stereocenters. The second kappa shape index (κ2) is 2.46. The van der Waals surface area contributed by atoms with Gasteiger partial charge in [0.05, 0.1) is 6.10 Å². The highest BCUT2D eigenvalue weighted by atomic mass is 16.5. The molecule has 2 nitrogen and oxygen atoms in total. The molecule has 58 valence electrons. The van der Waals surface area contributed by atoms with E-state index in [1.807, 2.05) is 6.07 Å². The van der Waals surface area contributed by atoms with E-state index < -0.39 is 0 Å². The zero-order valence-corrected chi connectivity index (χ0v) is 6.16. The Bertz CT molecular complexity index is 253. The molecule has 0 saturated heterocycles. The highest BCUT2D eigenvalue weighted by Gasteiger charge is 2.24. The van der Waals surface area contributed by atoms with Crippen LogP contribution in [0.3, 0.4) is 0 Å². The molecule has 1 N–H and O–H groups in total. The van der Waals surface area contributed by atoms with Crippen LogP contribution in [-0.2, 0) is 0 Å². The third-order valence-corrected chi connectivity index (χ3v) is 1.68. The molecule has 0 heterocycles. The van der Waals surface area contributed by atoms with Gasteiger partial charge >= 0.3 is 0 Å². The summed E-state index contributed by atoms with van der Waals surface area (Å²) < 4.78 is 5.41. The molecule has 1 aromatic carbocycles. The third kappa shape index (κ3) is 1.45. The van der Waals surface area contributed by atoms with Crippen LogP contribution in [0.5, 0.6) is 11.5 Å². The lowest BCUT2D eigenvalue weighted by Crippen LogP contribution is -1.95. The van der Waals surface area contributed by atoms with Crippen molar-refractivity contribution in [3.8, 4) is 11.5 Å². The van der Waals surface area contributed by atoms with Crippen LogP contribution in [0.25, 0.3) is 0 Å². The maximum atomic E-state index is 9.26. The van der Waals surface area contributed by atoms with Crippen molar-refractivity contribution in [1.82, 2.24) is 0 Å². The molecule has 0 aromatic heterocycles. The molecule has 0 bridgehead atoms. The molecular weight excluding hydrogens is 140 g/mol. The molecular formula is C9H10O2. The fourth-order valence-corrected chi connectivity index (χ4v) is 0.922. The summed E-state index contributed by atoms with van der Waals surface area (Å²) in [5.74, 6) is 0.842. The van der Waals surface area contributed by atoms with Crippen molar-refractivity contribution in [2.45, 2.75) is 18.9 Å². The largest absolute Gasteiger partial charge is 0.504 e. The van der Waals surface area contributed by atoms with E-state index in [0.717, 1.165) is 12.8 Å².